The number of rotatable bonds is 4. The zero-order valence-electron chi connectivity index (χ0n) is 13.6. The largest absolute Gasteiger partial charge is 0.493 e. The Bertz CT molecular complexity index is 889. The van der Waals surface area contributed by atoms with Crippen molar-refractivity contribution in [3.63, 3.8) is 0 Å². The van der Waals surface area contributed by atoms with Crippen molar-refractivity contribution < 1.29 is 4.74 Å². The number of hydrogen-bond donors (Lipinski definition) is 0. The maximum absolute atomic E-state index is 9.46. The zero-order chi connectivity index (χ0) is 16.4. The van der Waals surface area contributed by atoms with Crippen LogP contribution in [0, 0.1) is 18.3 Å². The number of imidazole rings is 1. The van der Waals surface area contributed by atoms with Crippen LogP contribution in [0.15, 0.2) is 42.6 Å². The average molecular weight is 305 g/mol. The number of benzene rings is 1. The molecule has 0 saturated carbocycles. The van der Waals surface area contributed by atoms with E-state index >= 15 is 0 Å². The second kappa shape index (κ2) is 6.13. The normalized spacial score (nSPS) is 12.1. The topological polar surface area (TPSA) is 50.3 Å². The quantitative estimate of drug-likeness (QED) is 0.720. The van der Waals surface area contributed by atoms with Gasteiger partial charge in [-0.15, -0.1) is 0 Å². The number of nitriles is 1. The summed E-state index contributed by atoms with van der Waals surface area (Å²) in [6.45, 7) is 6.49. The molecule has 0 radical (unpaired) electrons. The standard InChI is InChI=1S/C19H19N3O/c1-4-23-16-8-6-5-7-15(16)18-19(14(3)11-20)22-12-13(2)9-10-17(22)21-18/h5-10,12,14H,4H2,1-3H3. The van der Waals surface area contributed by atoms with E-state index < -0.39 is 0 Å². The average Bonchev–Trinajstić information content (AvgIpc) is 2.93. The van der Waals surface area contributed by atoms with Crippen LogP contribution in [-0.2, 0) is 0 Å². The number of aromatic nitrogens is 2. The van der Waals surface area contributed by atoms with Crippen LogP contribution in [0.5, 0.6) is 5.75 Å². The van der Waals surface area contributed by atoms with Gasteiger partial charge in [0.05, 0.1) is 30.0 Å². The van der Waals surface area contributed by atoms with Crippen LogP contribution < -0.4 is 4.74 Å². The minimum atomic E-state index is -0.267. The van der Waals surface area contributed by atoms with E-state index in [1.807, 2.05) is 67.8 Å². The van der Waals surface area contributed by atoms with E-state index in [1.165, 1.54) is 0 Å². The molecule has 4 nitrogen and oxygen atoms in total. The van der Waals surface area contributed by atoms with Crippen molar-refractivity contribution in [2.75, 3.05) is 6.61 Å². The summed E-state index contributed by atoms with van der Waals surface area (Å²) in [4.78, 5) is 4.77. The summed E-state index contributed by atoms with van der Waals surface area (Å²) in [5.41, 5.74) is 4.61. The third kappa shape index (κ3) is 2.66. The summed E-state index contributed by atoms with van der Waals surface area (Å²) in [5, 5.41) is 9.46. The van der Waals surface area contributed by atoms with Gasteiger partial charge in [0.1, 0.15) is 11.4 Å². The summed E-state index contributed by atoms with van der Waals surface area (Å²) in [6.07, 6.45) is 2.03. The molecule has 0 saturated heterocycles. The molecule has 4 heteroatoms. The van der Waals surface area contributed by atoms with Crippen molar-refractivity contribution in [2.45, 2.75) is 26.7 Å². The van der Waals surface area contributed by atoms with Crippen LogP contribution in [-0.4, -0.2) is 16.0 Å². The molecular weight excluding hydrogens is 286 g/mol. The zero-order valence-corrected chi connectivity index (χ0v) is 13.6. The number of para-hydroxylation sites is 1. The van der Waals surface area contributed by atoms with E-state index in [2.05, 4.69) is 6.07 Å². The first-order valence-corrected chi connectivity index (χ1v) is 7.76. The molecule has 1 aromatic carbocycles. The first-order chi connectivity index (χ1) is 11.2. The Morgan fingerprint density at radius 1 is 1.26 bits per heavy atom. The fourth-order valence-corrected chi connectivity index (χ4v) is 2.79. The smallest absolute Gasteiger partial charge is 0.137 e. The minimum Gasteiger partial charge on any atom is -0.493 e. The maximum atomic E-state index is 9.46. The van der Waals surface area contributed by atoms with Gasteiger partial charge < -0.3 is 9.14 Å². The lowest BCUT2D eigenvalue weighted by atomic mass is 10.0. The Kier molecular flexibility index (Phi) is 4.03. The molecule has 2 heterocycles. The van der Waals surface area contributed by atoms with Crippen LogP contribution in [0.2, 0.25) is 0 Å². The fraction of sp³-hybridized carbons (Fsp3) is 0.263. The molecule has 116 valence electrons. The predicted octanol–water partition coefficient (Wildman–Crippen LogP) is 4.34. The highest BCUT2D eigenvalue weighted by atomic mass is 16.5. The lowest BCUT2D eigenvalue weighted by Gasteiger charge is -2.11. The molecule has 0 amide bonds. The van der Waals surface area contributed by atoms with Crippen LogP contribution in [0.25, 0.3) is 16.9 Å². The predicted molar refractivity (Wildman–Crippen MR) is 90.6 cm³/mol. The van der Waals surface area contributed by atoms with Gasteiger partial charge in [0.2, 0.25) is 0 Å². The summed E-state index contributed by atoms with van der Waals surface area (Å²) in [5.74, 6) is 0.526. The fourth-order valence-electron chi connectivity index (χ4n) is 2.79. The first kappa shape index (κ1) is 15.1. The van der Waals surface area contributed by atoms with Gasteiger partial charge in [-0.05, 0) is 44.5 Å². The van der Waals surface area contributed by atoms with E-state index in [0.29, 0.717) is 6.61 Å². The van der Waals surface area contributed by atoms with E-state index in [0.717, 1.165) is 33.9 Å². The van der Waals surface area contributed by atoms with Gasteiger partial charge in [-0.3, -0.25) is 0 Å². The molecule has 0 aliphatic heterocycles. The Hall–Kier alpha value is -2.80. The molecule has 0 aliphatic rings. The Balaban J connectivity index is 2.32. The number of pyridine rings is 1. The molecule has 2 aromatic heterocycles. The highest BCUT2D eigenvalue weighted by Crippen LogP contribution is 2.35. The van der Waals surface area contributed by atoms with Gasteiger partial charge in [-0.2, -0.15) is 5.26 Å². The summed E-state index contributed by atoms with van der Waals surface area (Å²) >= 11 is 0. The molecule has 0 spiro atoms. The van der Waals surface area contributed by atoms with E-state index in [-0.39, 0.29) is 5.92 Å². The van der Waals surface area contributed by atoms with Crippen LogP contribution in [0.1, 0.15) is 31.0 Å². The lowest BCUT2D eigenvalue weighted by molar-refractivity contribution is 0.341. The molecule has 0 N–H and O–H groups in total. The van der Waals surface area contributed by atoms with E-state index in [4.69, 9.17) is 9.72 Å². The number of ether oxygens (including phenoxy) is 1. The Labute approximate surface area is 136 Å². The number of fused-ring (bicyclic) bond motifs is 1. The molecule has 23 heavy (non-hydrogen) atoms. The lowest BCUT2D eigenvalue weighted by Crippen LogP contribution is -2.00. The van der Waals surface area contributed by atoms with Crippen LogP contribution in [0.3, 0.4) is 0 Å². The van der Waals surface area contributed by atoms with Crippen molar-refractivity contribution in [3.8, 4) is 23.1 Å². The molecule has 0 bridgehead atoms. The van der Waals surface area contributed by atoms with Gasteiger partial charge in [0.25, 0.3) is 0 Å². The van der Waals surface area contributed by atoms with Crippen molar-refractivity contribution in [1.29, 1.82) is 5.26 Å². The van der Waals surface area contributed by atoms with Gasteiger partial charge in [0.15, 0.2) is 0 Å². The highest BCUT2D eigenvalue weighted by Gasteiger charge is 2.21. The van der Waals surface area contributed by atoms with Crippen molar-refractivity contribution in [2.24, 2.45) is 0 Å². The first-order valence-electron chi connectivity index (χ1n) is 7.76. The summed E-state index contributed by atoms with van der Waals surface area (Å²) in [7, 11) is 0. The number of hydrogen-bond acceptors (Lipinski definition) is 3. The maximum Gasteiger partial charge on any atom is 0.137 e. The Morgan fingerprint density at radius 2 is 2.04 bits per heavy atom. The Morgan fingerprint density at radius 3 is 2.78 bits per heavy atom. The van der Waals surface area contributed by atoms with Crippen LogP contribution >= 0.6 is 0 Å². The van der Waals surface area contributed by atoms with Gasteiger partial charge in [-0.1, -0.05) is 18.2 Å². The molecule has 1 atom stereocenters. The second-order valence-electron chi connectivity index (χ2n) is 5.56. The minimum absolute atomic E-state index is 0.267. The SMILES string of the molecule is CCOc1ccccc1-c1nc2ccc(C)cn2c1C(C)C#N. The van der Waals surface area contributed by atoms with Gasteiger partial charge in [0, 0.05) is 11.8 Å². The summed E-state index contributed by atoms with van der Waals surface area (Å²) in [6, 6.07) is 14.2. The highest BCUT2D eigenvalue weighted by molar-refractivity contribution is 5.73. The van der Waals surface area contributed by atoms with Crippen molar-refractivity contribution in [1.82, 2.24) is 9.38 Å². The van der Waals surface area contributed by atoms with Gasteiger partial charge >= 0.3 is 0 Å². The molecular formula is C19H19N3O. The molecule has 0 aliphatic carbocycles. The molecule has 0 fully saturated rings. The van der Waals surface area contributed by atoms with Crippen LogP contribution in [0.4, 0.5) is 0 Å². The molecule has 3 aromatic rings. The molecule has 3 rings (SSSR count). The number of aryl methyl sites for hydroxylation is 1. The second-order valence-corrected chi connectivity index (χ2v) is 5.56. The van der Waals surface area contributed by atoms with Crippen molar-refractivity contribution >= 4 is 5.65 Å². The van der Waals surface area contributed by atoms with E-state index in [1.54, 1.807) is 0 Å². The number of nitrogens with zero attached hydrogens (tertiary/aromatic N) is 3. The third-order valence-corrected chi connectivity index (χ3v) is 3.85. The summed E-state index contributed by atoms with van der Waals surface area (Å²) < 4.78 is 7.76. The third-order valence-electron chi connectivity index (χ3n) is 3.85. The van der Waals surface area contributed by atoms with Crippen molar-refractivity contribution in [3.05, 3.63) is 53.9 Å². The van der Waals surface area contributed by atoms with Gasteiger partial charge in [-0.25, -0.2) is 4.98 Å². The molecule has 1 unspecified atom stereocenters. The monoisotopic (exact) mass is 305 g/mol. The van der Waals surface area contributed by atoms with E-state index in [9.17, 15) is 5.26 Å².